The van der Waals surface area contributed by atoms with Crippen LogP contribution in [-0.2, 0) is 13.0 Å². The van der Waals surface area contributed by atoms with E-state index in [1.165, 1.54) is 23.4 Å². The Morgan fingerprint density at radius 2 is 1.95 bits per heavy atom. The minimum atomic E-state index is -0.138. The van der Waals surface area contributed by atoms with Gasteiger partial charge in [-0.1, -0.05) is 31.2 Å². The van der Waals surface area contributed by atoms with Crippen LogP contribution in [0.5, 0.6) is 5.88 Å². The number of nitrogens with one attached hydrogen (secondary N) is 1. The number of methoxy groups -OCH3 is 1. The van der Waals surface area contributed by atoms with Crippen molar-refractivity contribution in [2.45, 2.75) is 25.9 Å². The second-order valence-electron chi connectivity index (χ2n) is 4.83. The number of aryl methyl sites for hydroxylation is 1. The van der Waals surface area contributed by atoms with Gasteiger partial charge in [-0.2, -0.15) is 0 Å². The van der Waals surface area contributed by atoms with Gasteiger partial charge in [0.2, 0.25) is 5.88 Å². The largest absolute Gasteiger partial charge is 0.480 e. The first-order chi connectivity index (χ1) is 10.2. The molecule has 0 aliphatic rings. The Morgan fingerprint density at radius 3 is 2.52 bits per heavy atom. The molecule has 0 saturated carbocycles. The molecule has 0 saturated heterocycles. The molecule has 21 heavy (non-hydrogen) atoms. The zero-order valence-electron chi connectivity index (χ0n) is 12.7. The van der Waals surface area contributed by atoms with Crippen LogP contribution in [0.15, 0.2) is 41.2 Å². The van der Waals surface area contributed by atoms with Crippen molar-refractivity contribution in [2.75, 3.05) is 14.2 Å². The summed E-state index contributed by atoms with van der Waals surface area (Å²) >= 11 is 0. The lowest BCUT2D eigenvalue weighted by molar-refractivity contribution is 0.364. The van der Waals surface area contributed by atoms with Crippen LogP contribution < -0.4 is 15.6 Å². The highest BCUT2D eigenvalue weighted by Gasteiger charge is 2.12. The standard InChI is InChI=1S/C16H21N3O2/c1-4-12-5-7-13(8-6-12)14(17-2)11-19-16(20)10-9-15(18-19)21-3/h5-10,14,17H,4,11H2,1-3H3. The summed E-state index contributed by atoms with van der Waals surface area (Å²) in [4.78, 5) is 11.9. The number of hydrogen-bond donors (Lipinski definition) is 1. The first-order valence-corrected chi connectivity index (χ1v) is 7.06. The van der Waals surface area contributed by atoms with E-state index < -0.39 is 0 Å². The van der Waals surface area contributed by atoms with E-state index in [1.807, 2.05) is 7.05 Å². The van der Waals surface area contributed by atoms with Crippen molar-refractivity contribution in [3.8, 4) is 5.88 Å². The Labute approximate surface area is 124 Å². The molecule has 0 fully saturated rings. The van der Waals surface area contributed by atoms with Gasteiger partial charge in [-0.15, -0.1) is 5.10 Å². The summed E-state index contributed by atoms with van der Waals surface area (Å²) in [7, 11) is 3.42. The van der Waals surface area contributed by atoms with Gasteiger partial charge < -0.3 is 10.1 Å². The lowest BCUT2D eigenvalue weighted by atomic mass is 10.0. The second kappa shape index (κ2) is 7.04. The van der Waals surface area contributed by atoms with E-state index in [2.05, 4.69) is 41.6 Å². The number of likely N-dealkylation sites (N-methyl/N-ethyl adjacent to an activating group) is 1. The summed E-state index contributed by atoms with van der Waals surface area (Å²) < 4.78 is 6.49. The molecule has 0 spiro atoms. The summed E-state index contributed by atoms with van der Waals surface area (Å²) in [5.41, 5.74) is 2.29. The number of nitrogens with zero attached hydrogens (tertiary/aromatic N) is 2. The first kappa shape index (κ1) is 15.3. The molecule has 2 aromatic rings. The van der Waals surface area contributed by atoms with Crippen molar-refractivity contribution in [1.82, 2.24) is 15.1 Å². The predicted molar refractivity (Wildman–Crippen MR) is 82.7 cm³/mol. The molecular weight excluding hydrogens is 266 g/mol. The second-order valence-corrected chi connectivity index (χ2v) is 4.83. The van der Waals surface area contributed by atoms with Crippen LogP contribution in [0.4, 0.5) is 0 Å². The predicted octanol–water partition coefficient (Wildman–Crippen LogP) is 1.77. The Morgan fingerprint density at radius 1 is 1.24 bits per heavy atom. The lowest BCUT2D eigenvalue weighted by Gasteiger charge is -2.18. The monoisotopic (exact) mass is 287 g/mol. The molecule has 1 unspecified atom stereocenters. The lowest BCUT2D eigenvalue weighted by Crippen LogP contribution is -2.30. The highest BCUT2D eigenvalue weighted by molar-refractivity contribution is 5.25. The van der Waals surface area contributed by atoms with Gasteiger partial charge in [0.05, 0.1) is 19.7 Å². The third-order valence-electron chi connectivity index (χ3n) is 3.55. The molecule has 2 rings (SSSR count). The maximum Gasteiger partial charge on any atom is 0.267 e. The van der Waals surface area contributed by atoms with Crippen LogP contribution in [0, 0.1) is 0 Å². The first-order valence-electron chi connectivity index (χ1n) is 7.06. The van der Waals surface area contributed by atoms with Crippen LogP contribution in [0.3, 0.4) is 0 Å². The Bertz CT molecular complexity index is 635. The normalized spacial score (nSPS) is 12.1. The van der Waals surface area contributed by atoms with Gasteiger partial charge in [0.25, 0.3) is 5.56 Å². The minimum Gasteiger partial charge on any atom is -0.480 e. The fourth-order valence-electron chi connectivity index (χ4n) is 2.19. The van der Waals surface area contributed by atoms with Gasteiger partial charge in [0, 0.05) is 12.1 Å². The zero-order valence-corrected chi connectivity index (χ0v) is 12.7. The number of aromatic nitrogens is 2. The van der Waals surface area contributed by atoms with Crippen molar-refractivity contribution in [3.63, 3.8) is 0 Å². The molecule has 1 aromatic heterocycles. The molecule has 112 valence electrons. The number of rotatable bonds is 6. The quantitative estimate of drug-likeness (QED) is 0.880. The zero-order chi connectivity index (χ0) is 15.2. The molecule has 1 atom stereocenters. The molecule has 0 aliphatic carbocycles. The molecular formula is C16H21N3O2. The highest BCUT2D eigenvalue weighted by atomic mass is 16.5. The van der Waals surface area contributed by atoms with Crippen LogP contribution in [0.25, 0.3) is 0 Å². The number of hydrogen-bond acceptors (Lipinski definition) is 4. The average molecular weight is 287 g/mol. The Hall–Kier alpha value is -2.14. The van der Waals surface area contributed by atoms with Gasteiger partial charge >= 0.3 is 0 Å². The molecule has 0 amide bonds. The summed E-state index contributed by atoms with van der Waals surface area (Å²) in [6.45, 7) is 2.59. The van der Waals surface area contributed by atoms with Crippen molar-refractivity contribution in [1.29, 1.82) is 0 Å². The van der Waals surface area contributed by atoms with Gasteiger partial charge in [-0.05, 0) is 24.6 Å². The van der Waals surface area contributed by atoms with E-state index >= 15 is 0 Å². The van der Waals surface area contributed by atoms with Crippen LogP contribution >= 0.6 is 0 Å². The SMILES string of the molecule is CCc1ccc(C(Cn2nc(OC)ccc2=O)NC)cc1. The van der Waals surface area contributed by atoms with E-state index in [9.17, 15) is 4.79 Å². The summed E-state index contributed by atoms with van der Waals surface area (Å²) in [6.07, 6.45) is 1.02. The molecule has 5 heteroatoms. The third-order valence-corrected chi connectivity index (χ3v) is 3.55. The van der Waals surface area contributed by atoms with Crippen molar-refractivity contribution in [2.24, 2.45) is 0 Å². The smallest absolute Gasteiger partial charge is 0.267 e. The third kappa shape index (κ3) is 3.70. The molecule has 5 nitrogen and oxygen atoms in total. The van der Waals surface area contributed by atoms with Crippen LogP contribution in [-0.4, -0.2) is 23.9 Å². The van der Waals surface area contributed by atoms with E-state index in [-0.39, 0.29) is 11.6 Å². The van der Waals surface area contributed by atoms with Crippen molar-refractivity contribution < 1.29 is 4.74 Å². The van der Waals surface area contributed by atoms with Crippen molar-refractivity contribution in [3.05, 3.63) is 57.9 Å². The maximum atomic E-state index is 11.9. The Kier molecular flexibility index (Phi) is 5.11. The minimum absolute atomic E-state index is 0.0215. The van der Waals surface area contributed by atoms with E-state index in [1.54, 1.807) is 6.07 Å². The van der Waals surface area contributed by atoms with E-state index in [0.29, 0.717) is 12.4 Å². The van der Waals surface area contributed by atoms with Gasteiger partial charge in [-0.3, -0.25) is 4.79 Å². The van der Waals surface area contributed by atoms with Crippen molar-refractivity contribution >= 4 is 0 Å². The van der Waals surface area contributed by atoms with Crippen LogP contribution in [0.1, 0.15) is 24.1 Å². The van der Waals surface area contributed by atoms with Gasteiger partial charge in [-0.25, -0.2) is 4.68 Å². The van der Waals surface area contributed by atoms with Crippen LogP contribution in [0.2, 0.25) is 0 Å². The number of ether oxygens (including phenoxy) is 1. The van der Waals surface area contributed by atoms with Gasteiger partial charge in [0.1, 0.15) is 0 Å². The molecule has 1 aromatic carbocycles. The molecule has 0 bridgehead atoms. The molecule has 1 N–H and O–H groups in total. The fraction of sp³-hybridized carbons (Fsp3) is 0.375. The van der Waals surface area contributed by atoms with E-state index in [0.717, 1.165) is 12.0 Å². The molecule has 0 radical (unpaired) electrons. The molecule has 0 aliphatic heterocycles. The maximum absolute atomic E-state index is 11.9. The van der Waals surface area contributed by atoms with Gasteiger partial charge in [0.15, 0.2) is 0 Å². The fourth-order valence-corrected chi connectivity index (χ4v) is 2.19. The highest BCUT2D eigenvalue weighted by Crippen LogP contribution is 2.15. The Balaban J connectivity index is 2.24. The summed E-state index contributed by atoms with van der Waals surface area (Å²) in [5.74, 6) is 0.436. The number of benzene rings is 1. The van der Waals surface area contributed by atoms with E-state index in [4.69, 9.17) is 4.74 Å². The summed E-state index contributed by atoms with van der Waals surface area (Å²) in [6, 6.07) is 11.5. The molecule has 1 heterocycles. The summed E-state index contributed by atoms with van der Waals surface area (Å²) in [5, 5.41) is 7.41. The average Bonchev–Trinajstić information content (AvgIpc) is 2.54. The topological polar surface area (TPSA) is 56.2 Å².